The molecule has 26 heavy (non-hydrogen) atoms. The number of amides is 1. The van der Waals surface area contributed by atoms with Crippen molar-refractivity contribution >= 4 is 16.9 Å². The molecule has 0 aliphatic rings. The van der Waals surface area contributed by atoms with Gasteiger partial charge < -0.3 is 14.1 Å². The predicted molar refractivity (Wildman–Crippen MR) is 103 cm³/mol. The molecule has 0 saturated carbocycles. The lowest BCUT2D eigenvalue weighted by Gasteiger charge is -2.17. The first-order valence-corrected chi connectivity index (χ1v) is 8.91. The van der Waals surface area contributed by atoms with E-state index in [0.717, 1.165) is 33.4 Å². The van der Waals surface area contributed by atoms with Crippen LogP contribution in [0.15, 0.2) is 47.1 Å². The molecule has 0 N–H and O–H groups in total. The van der Waals surface area contributed by atoms with Crippen molar-refractivity contribution in [3.63, 3.8) is 0 Å². The van der Waals surface area contributed by atoms with Gasteiger partial charge in [-0.05, 0) is 49.6 Å². The van der Waals surface area contributed by atoms with Crippen LogP contribution in [0.25, 0.3) is 11.0 Å². The predicted octanol–water partition coefficient (Wildman–Crippen LogP) is 4.65. The Bertz CT molecular complexity index is 909. The van der Waals surface area contributed by atoms with Crippen LogP contribution >= 0.6 is 0 Å². The van der Waals surface area contributed by atoms with Crippen LogP contribution in [0, 0.1) is 13.8 Å². The van der Waals surface area contributed by atoms with Gasteiger partial charge in [0.25, 0.3) is 0 Å². The number of nitrogens with zero attached hydrogens (tertiary/aromatic N) is 1. The van der Waals surface area contributed by atoms with Gasteiger partial charge in [-0.1, -0.05) is 24.3 Å². The molecule has 1 aromatic heterocycles. The van der Waals surface area contributed by atoms with Crippen molar-refractivity contribution in [1.82, 2.24) is 4.90 Å². The van der Waals surface area contributed by atoms with Crippen LogP contribution in [0.3, 0.4) is 0 Å². The van der Waals surface area contributed by atoms with Gasteiger partial charge in [-0.2, -0.15) is 0 Å². The Morgan fingerprint density at radius 1 is 1.12 bits per heavy atom. The quantitative estimate of drug-likeness (QED) is 0.649. The molecule has 0 aliphatic heterocycles. The maximum absolute atomic E-state index is 12.6. The molecule has 0 aliphatic carbocycles. The number of carbonyl (C=O) groups is 1. The van der Waals surface area contributed by atoms with Crippen LogP contribution in [0.2, 0.25) is 0 Å². The molecule has 1 heterocycles. The fraction of sp³-hybridized carbons (Fsp3) is 0.318. The smallest absolute Gasteiger partial charge is 0.227 e. The van der Waals surface area contributed by atoms with E-state index in [-0.39, 0.29) is 5.91 Å². The first-order chi connectivity index (χ1) is 12.5. The maximum atomic E-state index is 12.6. The molecule has 136 valence electrons. The Morgan fingerprint density at radius 2 is 1.85 bits per heavy atom. The van der Waals surface area contributed by atoms with Gasteiger partial charge in [-0.15, -0.1) is 0 Å². The highest BCUT2D eigenvalue weighted by Crippen LogP contribution is 2.27. The molecule has 2 aromatic carbocycles. The summed E-state index contributed by atoms with van der Waals surface area (Å²) in [5.74, 6) is 0.917. The van der Waals surface area contributed by atoms with Crippen LogP contribution in [0.4, 0.5) is 0 Å². The third kappa shape index (κ3) is 3.74. The van der Waals surface area contributed by atoms with Crippen molar-refractivity contribution in [3.05, 3.63) is 64.9 Å². The van der Waals surface area contributed by atoms with E-state index in [1.165, 1.54) is 5.56 Å². The Hall–Kier alpha value is -2.75. The van der Waals surface area contributed by atoms with Gasteiger partial charge >= 0.3 is 0 Å². The number of carbonyl (C=O) groups excluding carboxylic acids is 1. The first-order valence-electron chi connectivity index (χ1n) is 8.91. The average molecular weight is 351 g/mol. The molecule has 3 rings (SSSR count). The number of ether oxygens (including phenoxy) is 1. The molecule has 3 aromatic rings. The van der Waals surface area contributed by atoms with E-state index < -0.39 is 0 Å². The van der Waals surface area contributed by atoms with Crippen LogP contribution in [0.1, 0.15) is 29.2 Å². The van der Waals surface area contributed by atoms with Gasteiger partial charge in [0.05, 0.1) is 19.3 Å². The van der Waals surface area contributed by atoms with Gasteiger partial charge in [0.2, 0.25) is 5.91 Å². The Kier molecular flexibility index (Phi) is 5.31. The number of rotatable bonds is 6. The highest BCUT2D eigenvalue weighted by molar-refractivity contribution is 5.89. The monoisotopic (exact) mass is 351 g/mol. The SMILES string of the molecule is CCOc1ccc(CN(C)C(=O)Cc2coc3c(C)c(C)ccc23)cc1. The molecule has 1 amide bonds. The van der Waals surface area contributed by atoms with Crippen LogP contribution in [0.5, 0.6) is 5.75 Å². The summed E-state index contributed by atoms with van der Waals surface area (Å²) < 4.78 is 11.2. The van der Waals surface area contributed by atoms with Crippen molar-refractivity contribution in [2.24, 2.45) is 0 Å². The number of hydrogen-bond donors (Lipinski definition) is 0. The number of benzene rings is 2. The summed E-state index contributed by atoms with van der Waals surface area (Å²) in [6.07, 6.45) is 2.04. The van der Waals surface area contributed by atoms with Gasteiger partial charge in [-0.3, -0.25) is 4.79 Å². The highest BCUT2D eigenvalue weighted by atomic mass is 16.5. The highest BCUT2D eigenvalue weighted by Gasteiger charge is 2.15. The fourth-order valence-corrected chi connectivity index (χ4v) is 3.04. The zero-order valence-electron chi connectivity index (χ0n) is 15.8. The summed E-state index contributed by atoms with van der Waals surface area (Å²) in [7, 11) is 1.83. The second-order valence-corrected chi connectivity index (χ2v) is 6.65. The van der Waals surface area contributed by atoms with E-state index in [4.69, 9.17) is 9.15 Å². The molecule has 0 radical (unpaired) electrons. The van der Waals surface area contributed by atoms with E-state index in [0.29, 0.717) is 19.6 Å². The van der Waals surface area contributed by atoms with Crippen molar-refractivity contribution < 1.29 is 13.9 Å². The van der Waals surface area contributed by atoms with Crippen molar-refractivity contribution in [2.45, 2.75) is 33.7 Å². The summed E-state index contributed by atoms with van der Waals surface area (Å²) in [5, 5.41) is 1.02. The second kappa shape index (κ2) is 7.65. The lowest BCUT2D eigenvalue weighted by atomic mass is 10.0. The van der Waals surface area contributed by atoms with Crippen molar-refractivity contribution in [3.8, 4) is 5.75 Å². The summed E-state index contributed by atoms with van der Waals surface area (Å²) >= 11 is 0. The normalized spacial score (nSPS) is 10.9. The molecule has 0 unspecified atom stereocenters. The average Bonchev–Trinajstić information content (AvgIpc) is 3.03. The molecule has 0 atom stereocenters. The van der Waals surface area contributed by atoms with Crippen LogP contribution in [-0.2, 0) is 17.8 Å². The number of aryl methyl sites for hydroxylation is 2. The minimum absolute atomic E-state index is 0.0693. The lowest BCUT2D eigenvalue weighted by Crippen LogP contribution is -2.27. The molecular formula is C22H25NO3. The summed E-state index contributed by atoms with van der Waals surface area (Å²) in [4.78, 5) is 14.4. The number of furan rings is 1. The Balaban J connectivity index is 1.68. The summed E-state index contributed by atoms with van der Waals surface area (Å²) in [6, 6.07) is 12.0. The summed E-state index contributed by atoms with van der Waals surface area (Å²) in [6.45, 7) is 7.29. The van der Waals surface area contributed by atoms with E-state index >= 15 is 0 Å². The van der Waals surface area contributed by atoms with E-state index in [2.05, 4.69) is 13.0 Å². The zero-order chi connectivity index (χ0) is 18.7. The minimum atomic E-state index is 0.0693. The number of hydrogen-bond acceptors (Lipinski definition) is 3. The fourth-order valence-electron chi connectivity index (χ4n) is 3.04. The van der Waals surface area contributed by atoms with E-state index in [9.17, 15) is 4.79 Å². The van der Waals surface area contributed by atoms with Gasteiger partial charge in [-0.25, -0.2) is 0 Å². The summed E-state index contributed by atoms with van der Waals surface area (Å²) in [5.41, 5.74) is 5.21. The Labute approximate surface area is 154 Å². The van der Waals surface area contributed by atoms with Crippen LogP contribution < -0.4 is 4.74 Å². The number of likely N-dealkylation sites (N-methyl/N-ethyl adjacent to an activating group) is 1. The van der Waals surface area contributed by atoms with Crippen molar-refractivity contribution in [1.29, 1.82) is 0 Å². The van der Waals surface area contributed by atoms with Crippen LogP contribution in [-0.4, -0.2) is 24.5 Å². The first kappa shape index (κ1) is 18.1. The van der Waals surface area contributed by atoms with Crippen molar-refractivity contribution in [2.75, 3.05) is 13.7 Å². The van der Waals surface area contributed by atoms with Gasteiger partial charge in [0.1, 0.15) is 11.3 Å². The topological polar surface area (TPSA) is 42.7 Å². The third-order valence-corrected chi connectivity index (χ3v) is 4.76. The van der Waals surface area contributed by atoms with E-state index in [1.54, 1.807) is 11.2 Å². The molecular weight excluding hydrogens is 326 g/mol. The minimum Gasteiger partial charge on any atom is -0.494 e. The Morgan fingerprint density at radius 3 is 2.54 bits per heavy atom. The zero-order valence-corrected chi connectivity index (χ0v) is 15.8. The molecule has 0 bridgehead atoms. The van der Waals surface area contributed by atoms with E-state index in [1.807, 2.05) is 51.2 Å². The largest absolute Gasteiger partial charge is 0.494 e. The maximum Gasteiger partial charge on any atom is 0.227 e. The lowest BCUT2D eigenvalue weighted by molar-refractivity contribution is -0.129. The standard InChI is InChI=1S/C22H25NO3/c1-5-25-19-9-7-17(8-10-19)13-23(4)21(24)12-18-14-26-22-16(3)15(2)6-11-20(18)22/h6-11,14H,5,12-13H2,1-4H3. The third-order valence-electron chi connectivity index (χ3n) is 4.76. The number of fused-ring (bicyclic) bond motifs is 1. The van der Waals surface area contributed by atoms with Gasteiger partial charge in [0.15, 0.2) is 0 Å². The molecule has 4 nitrogen and oxygen atoms in total. The second-order valence-electron chi connectivity index (χ2n) is 6.65. The molecule has 0 saturated heterocycles. The molecule has 0 fully saturated rings. The van der Waals surface area contributed by atoms with Gasteiger partial charge in [0, 0.05) is 24.5 Å². The molecule has 4 heteroatoms. The molecule has 0 spiro atoms.